The fraction of sp³-hybridized carbons (Fsp3) is 0.119. The highest BCUT2D eigenvalue weighted by atomic mass is 32.2. The minimum Gasteiger partial charge on any atom is -0.494 e. The topological polar surface area (TPSA) is 112 Å². The van der Waals surface area contributed by atoms with Crippen molar-refractivity contribution in [3.05, 3.63) is 162 Å². The summed E-state index contributed by atoms with van der Waals surface area (Å²) < 4.78 is 5.76. The van der Waals surface area contributed by atoms with Crippen molar-refractivity contribution in [2.75, 3.05) is 17.2 Å². The Morgan fingerprint density at radius 3 is 2.14 bits per heavy atom. The van der Waals surface area contributed by atoms with Crippen molar-refractivity contribution in [3.63, 3.8) is 0 Å². The third-order valence-corrected chi connectivity index (χ3v) is 9.31. The van der Waals surface area contributed by atoms with Crippen molar-refractivity contribution < 1.29 is 19.1 Å². The van der Waals surface area contributed by atoms with E-state index in [1.165, 1.54) is 11.8 Å². The summed E-state index contributed by atoms with van der Waals surface area (Å²) in [5.41, 5.74) is 4.27. The molecule has 6 aromatic rings. The molecule has 0 saturated carbocycles. The minimum absolute atomic E-state index is 0.0911. The number of H-pyrrole nitrogens is 1. The van der Waals surface area contributed by atoms with Gasteiger partial charge in [-0.1, -0.05) is 80.1 Å². The summed E-state index contributed by atoms with van der Waals surface area (Å²) in [6, 6.07) is 40.8. The molecule has 1 aromatic heterocycles. The number of para-hydroxylation sites is 1. The van der Waals surface area contributed by atoms with Gasteiger partial charge in [0.2, 0.25) is 5.91 Å². The lowest BCUT2D eigenvalue weighted by Crippen LogP contribution is -2.30. The van der Waals surface area contributed by atoms with Gasteiger partial charge >= 0.3 is 0 Å². The molecule has 4 N–H and O–H groups in total. The lowest BCUT2D eigenvalue weighted by Gasteiger charge is -2.18. The molecule has 5 aromatic carbocycles. The Morgan fingerprint density at radius 1 is 0.765 bits per heavy atom. The number of thioether (sulfide) groups is 1. The number of amides is 3. The van der Waals surface area contributed by atoms with E-state index in [0.717, 1.165) is 45.5 Å². The maximum atomic E-state index is 13.7. The van der Waals surface area contributed by atoms with Crippen molar-refractivity contribution in [1.82, 2.24) is 10.3 Å². The Kier molecular flexibility index (Phi) is 11.6. The molecule has 3 amide bonds. The molecule has 0 aliphatic rings. The molecule has 0 aliphatic heterocycles. The van der Waals surface area contributed by atoms with Crippen LogP contribution in [0, 0.1) is 0 Å². The molecule has 1 atom stereocenters. The van der Waals surface area contributed by atoms with Gasteiger partial charge in [0.25, 0.3) is 11.8 Å². The maximum Gasteiger partial charge on any atom is 0.272 e. The van der Waals surface area contributed by atoms with Gasteiger partial charge in [-0.05, 0) is 84.8 Å². The summed E-state index contributed by atoms with van der Waals surface area (Å²) in [7, 11) is 0. The first-order valence-electron chi connectivity index (χ1n) is 16.8. The molecule has 1 heterocycles. The number of nitrogens with one attached hydrogen (secondary N) is 4. The SMILES string of the molecule is CCCCOc1ccc(NC(=O)[C@@H](Sc2ccc(NC(=O)/C(=C/c3c[nH]c4ccccc34)NC(=O)c3ccccc3)cc2)c2ccccc2)cc1. The molecule has 0 fully saturated rings. The molecule has 9 heteroatoms. The van der Waals surface area contributed by atoms with E-state index in [0.29, 0.717) is 23.5 Å². The van der Waals surface area contributed by atoms with Crippen molar-refractivity contribution in [2.45, 2.75) is 29.9 Å². The first-order chi connectivity index (χ1) is 25.0. The molecule has 6 rings (SSSR count). The van der Waals surface area contributed by atoms with Crippen LogP contribution >= 0.6 is 11.8 Å². The summed E-state index contributed by atoms with van der Waals surface area (Å²) in [4.78, 5) is 44.5. The number of fused-ring (bicyclic) bond motifs is 1. The van der Waals surface area contributed by atoms with Crippen molar-refractivity contribution in [2.24, 2.45) is 0 Å². The highest BCUT2D eigenvalue weighted by molar-refractivity contribution is 8.00. The van der Waals surface area contributed by atoms with Gasteiger partial charge in [0, 0.05) is 44.5 Å². The van der Waals surface area contributed by atoms with Crippen LogP contribution < -0.4 is 20.7 Å². The van der Waals surface area contributed by atoms with Crippen molar-refractivity contribution in [1.29, 1.82) is 0 Å². The van der Waals surface area contributed by atoms with Gasteiger partial charge in [-0.15, -0.1) is 11.8 Å². The number of aromatic amines is 1. The van der Waals surface area contributed by atoms with Crippen LogP contribution in [0.25, 0.3) is 17.0 Å². The van der Waals surface area contributed by atoms with Crippen LogP contribution in [-0.2, 0) is 9.59 Å². The van der Waals surface area contributed by atoms with E-state index in [9.17, 15) is 14.4 Å². The van der Waals surface area contributed by atoms with E-state index in [-0.39, 0.29) is 11.6 Å². The molecule has 0 aliphatic carbocycles. The number of benzene rings is 5. The second-order valence-electron chi connectivity index (χ2n) is 11.8. The zero-order valence-corrected chi connectivity index (χ0v) is 28.9. The monoisotopic (exact) mass is 694 g/mol. The summed E-state index contributed by atoms with van der Waals surface area (Å²) in [6.45, 7) is 2.78. The van der Waals surface area contributed by atoms with Gasteiger partial charge in [-0.2, -0.15) is 0 Å². The number of rotatable bonds is 14. The number of ether oxygens (including phenoxy) is 1. The number of anilines is 2. The Balaban J connectivity index is 1.17. The summed E-state index contributed by atoms with van der Waals surface area (Å²) in [5.74, 6) is -0.274. The predicted octanol–water partition coefficient (Wildman–Crippen LogP) is 9.23. The number of carbonyl (C=O) groups excluding carboxylic acids is 3. The van der Waals surface area contributed by atoms with Gasteiger partial charge in [0.1, 0.15) is 16.7 Å². The summed E-state index contributed by atoms with van der Waals surface area (Å²) in [5, 5.41) is 9.15. The number of hydrogen-bond donors (Lipinski definition) is 4. The lowest BCUT2D eigenvalue weighted by molar-refractivity contribution is -0.116. The minimum atomic E-state index is -0.536. The predicted molar refractivity (Wildman–Crippen MR) is 206 cm³/mol. The first-order valence-corrected chi connectivity index (χ1v) is 17.7. The Morgan fingerprint density at radius 2 is 1.41 bits per heavy atom. The standard InChI is InChI=1S/C42H38N4O4S/c1-2-3-26-50-34-22-18-32(19-23-34)45-42(49)39(29-12-6-4-7-13-29)51-35-24-20-33(21-25-35)44-41(48)38(46-40(47)30-14-8-5-9-15-30)27-31-28-43-37-17-11-10-16-36(31)37/h4-25,27-28,39,43H,2-3,26H2,1H3,(H,44,48)(H,45,49)(H,46,47)/b38-27-/t39-/m0/s1. The Hall–Kier alpha value is -6.06. The second kappa shape index (κ2) is 17.0. The highest BCUT2D eigenvalue weighted by Gasteiger charge is 2.23. The highest BCUT2D eigenvalue weighted by Crippen LogP contribution is 2.37. The third kappa shape index (κ3) is 9.35. The fourth-order valence-electron chi connectivity index (χ4n) is 5.34. The summed E-state index contributed by atoms with van der Waals surface area (Å²) in [6.07, 6.45) is 5.51. The van der Waals surface area contributed by atoms with Crippen LogP contribution in [0.2, 0.25) is 0 Å². The first kappa shape index (κ1) is 34.8. The molecule has 0 unspecified atom stereocenters. The van der Waals surface area contributed by atoms with Crippen molar-refractivity contribution in [3.8, 4) is 5.75 Å². The number of aromatic nitrogens is 1. The van der Waals surface area contributed by atoms with E-state index < -0.39 is 17.1 Å². The van der Waals surface area contributed by atoms with Crippen LogP contribution in [0.1, 0.15) is 46.5 Å². The largest absolute Gasteiger partial charge is 0.494 e. The van der Waals surface area contributed by atoms with E-state index in [2.05, 4.69) is 27.9 Å². The average Bonchev–Trinajstić information content (AvgIpc) is 3.58. The lowest BCUT2D eigenvalue weighted by atomic mass is 10.1. The molecule has 51 heavy (non-hydrogen) atoms. The normalized spacial score (nSPS) is 11.8. The number of unbranched alkanes of at least 4 members (excludes halogenated alkanes) is 1. The van der Waals surface area contributed by atoms with E-state index >= 15 is 0 Å². The third-order valence-electron chi connectivity index (χ3n) is 8.04. The Bertz CT molecular complexity index is 2110. The van der Waals surface area contributed by atoms with E-state index in [1.807, 2.05) is 97.1 Å². The quantitative estimate of drug-likeness (QED) is 0.0516. The zero-order valence-electron chi connectivity index (χ0n) is 28.1. The molecule has 256 valence electrons. The van der Waals surface area contributed by atoms with E-state index in [4.69, 9.17) is 4.74 Å². The fourth-order valence-corrected chi connectivity index (χ4v) is 6.36. The molecule has 0 saturated heterocycles. The van der Waals surface area contributed by atoms with Gasteiger partial charge in [0.15, 0.2) is 0 Å². The van der Waals surface area contributed by atoms with Gasteiger partial charge in [-0.3, -0.25) is 14.4 Å². The molecule has 0 radical (unpaired) electrons. The zero-order chi connectivity index (χ0) is 35.4. The Labute approximate surface area is 301 Å². The smallest absolute Gasteiger partial charge is 0.272 e. The van der Waals surface area contributed by atoms with Crippen LogP contribution in [0.5, 0.6) is 5.75 Å². The van der Waals surface area contributed by atoms with Crippen LogP contribution in [0.15, 0.2) is 150 Å². The van der Waals surface area contributed by atoms with Gasteiger partial charge < -0.3 is 25.7 Å². The van der Waals surface area contributed by atoms with Crippen LogP contribution in [0.3, 0.4) is 0 Å². The summed E-state index contributed by atoms with van der Waals surface area (Å²) >= 11 is 1.41. The molecular formula is C42H38N4O4S. The van der Waals surface area contributed by atoms with E-state index in [1.54, 1.807) is 48.7 Å². The molecule has 0 bridgehead atoms. The van der Waals surface area contributed by atoms with Crippen LogP contribution in [0.4, 0.5) is 11.4 Å². The molecular weight excluding hydrogens is 657 g/mol. The molecule has 0 spiro atoms. The maximum absolute atomic E-state index is 13.7. The van der Waals surface area contributed by atoms with Gasteiger partial charge in [0.05, 0.1) is 6.61 Å². The average molecular weight is 695 g/mol. The second-order valence-corrected chi connectivity index (χ2v) is 12.9. The number of hydrogen-bond acceptors (Lipinski definition) is 5. The van der Waals surface area contributed by atoms with Gasteiger partial charge in [-0.25, -0.2) is 0 Å². The van der Waals surface area contributed by atoms with Crippen LogP contribution in [-0.4, -0.2) is 29.3 Å². The van der Waals surface area contributed by atoms with Crippen molar-refractivity contribution >= 4 is 57.8 Å². The number of carbonyl (C=O) groups is 3. The molecule has 8 nitrogen and oxygen atoms in total.